The monoisotopic (exact) mass is 1050 g/mol. The lowest BCUT2D eigenvalue weighted by Crippen LogP contribution is -2.48. The van der Waals surface area contributed by atoms with Crippen molar-refractivity contribution >= 4 is 74.3 Å². The van der Waals surface area contributed by atoms with Crippen LogP contribution in [0.2, 0.25) is 0 Å². The van der Waals surface area contributed by atoms with E-state index in [0.29, 0.717) is 23.7 Å². The largest absolute Gasteiger partial charge is 0.360 e. The summed E-state index contributed by atoms with van der Waals surface area (Å²) in [6.07, 6.45) is 2.39. The van der Waals surface area contributed by atoms with E-state index in [1.165, 1.54) is 6.20 Å². The van der Waals surface area contributed by atoms with E-state index in [0.717, 1.165) is 27.5 Å². The first-order valence-corrected chi connectivity index (χ1v) is 26.2. The molecule has 0 fully saturated rings. The van der Waals surface area contributed by atoms with Crippen LogP contribution in [0.1, 0.15) is 121 Å². The van der Waals surface area contributed by atoms with Crippen LogP contribution in [-0.2, 0) is 57.6 Å². The van der Waals surface area contributed by atoms with Gasteiger partial charge in [0, 0.05) is 79.2 Å². The average Bonchev–Trinajstić information content (AvgIpc) is 3.79. The Labute approximate surface area is 451 Å². The number of amides is 5. The number of benzene rings is 5. The van der Waals surface area contributed by atoms with Gasteiger partial charge < -0.3 is 31.6 Å². The molecule has 1 heterocycles. The van der Waals surface area contributed by atoms with Gasteiger partial charge in [0.05, 0.1) is 24.1 Å². The van der Waals surface area contributed by atoms with E-state index in [4.69, 9.17) is 0 Å². The molecule has 0 bridgehead atoms. The molecule has 4 atom stereocenters. The predicted octanol–water partition coefficient (Wildman–Crippen LogP) is 8.21. The van der Waals surface area contributed by atoms with E-state index in [-0.39, 0.29) is 91.5 Å². The maximum atomic E-state index is 13.3. The molecule has 1 aromatic heterocycles. The van der Waals surface area contributed by atoms with Crippen molar-refractivity contribution in [2.24, 2.45) is 5.92 Å². The summed E-state index contributed by atoms with van der Waals surface area (Å²) in [7, 11) is 0. The normalized spacial score (nSPS) is 12.9. The van der Waals surface area contributed by atoms with Crippen molar-refractivity contribution in [3.05, 3.63) is 156 Å². The summed E-state index contributed by atoms with van der Waals surface area (Å²) in [5, 5.41) is 16.4. The SMILES string of the molecule is C[C@@H](CC(=O)Cc1cccc2ccccc12)CC(=O)[C@H](CC(=O)NC(C)(C)C)NC(=O)CCc1ccccc1.C[C@H](NC(=O)C[C@H](CC(=O)NC(C)(C)C)NC(=O)C(=O)c1c[nH]c2ccccc12)C(=O)Cc1ccccc1. The van der Waals surface area contributed by atoms with Crippen molar-refractivity contribution in [3.63, 3.8) is 0 Å². The van der Waals surface area contributed by atoms with Crippen LogP contribution in [0, 0.1) is 5.92 Å². The summed E-state index contributed by atoms with van der Waals surface area (Å²) in [6.45, 7) is 14.5. The Morgan fingerprint density at radius 1 is 0.506 bits per heavy atom. The number of carbonyl (C=O) groups excluding carboxylic acids is 9. The smallest absolute Gasteiger partial charge is 0.292 e. The highest BCUT2D eigenvalue weighted by atomic mass is 16.2. The van der Waals surface area contributed by atoms with Crippen LogP contribution in [-0.4, -0.2) is 86.9 Å². The lowest BCUT2D eigenvalue weighted by Gasteiger charge is -2.24. The molecule has 5 amide bonds. The van der Waals surface area contributed by atoms with E-state index < -0.39 is 46.8 Å². The second-order valence-electron chi connectivity index (χ2n) is 21.8. The molecule has 0 aliphatic carbocycles. The maximum absolute atomic E-state index is 13.3. The van der Waals surface area contributed by atoms with Crippen molar-refractivity contribution < 1.29 is 43.2 Å². The van der Waals surface area contributed by atoms with Gasteiger partial charge >= 0.3 is 0 Å². The van der Waals surface area contributed by atoms with E-state index in [9.17, 15) is 43.2 Å². The Bertz CT molecular complexity index is 3020. The van der Waals surface area contributed by atoms with Crippen molar-refractivity contribution in [1.29, 1.82) is 0 Å². The summed E-state index contributed by atoms with van der Waals surface area (Å²) in [5.74, 6) is -3.77. The van der Waals surface area contributed by atoms with E-state index in [1.807, 2.05) is 152 Å². The van der Waals surface area contributed by atoms with Crippen LogP contribution in [0.3, 0.4) is 0 Å². The van der Waals surface area contributed by atoms with Gasteiger partial charge in [-0.2, -0.15) is 0 Å². The zero-order valence-corrected chi connectivity index (χ0v) is 45.5. The first kappa shape index (κ1) is 59.8. The lowest BCUT2D eigenvalue weighted by molar-refractivity contribution is -0.132. The molecular formula is C62H74N6O9. The fourth-order valence-corrected chi connectivity index (χ4v) is 8.80. The quantitative estimate of drug-likeness (QED) is 0.0253. The number of aryl methyl sites for hydroxylation is 1. The number of Topliss-reactive ketones (excluding diaryl/α,β-unsaturated/α-hetero) is 4. The highest BCUT2D eigenvalue weighted by Gasteiger charge is 2.29. The molecule has 6 N–H and O–H groups in total. The Morgan fingerprint density at radius 3 is 1.71 bits per heavy atom. The van der Waals surface area contributed by atoms with Gasteiger partial charge in [0.2, 0.25) is 23.6 Å². The van der Waals surface area contributed by atoms with Gasteiger partial charge in [-0.05, 0) is 94.3 Å². The number of hydrogen-bond donors (Lipinski definition) is 6. The Hall–Kier alpha value is -8.07. The van der Waals surface area contributed by atoms with Crippen molar-refractivity contribution in [2.75, 3.05) is 0 Å². The molecule has 0 spiro atoms. The minimum absolute atomic E-state index is 0.0561. The van der Waals surface area contributed by atoms with Crippen molar-refractivity contribution in [2.45, 2.75) is 142 Å². The third-order valence-corrected chi connectivity index (χ3v) is 12.3. The van der Waals surface area contributed by atoms with E-state index in [2.05, 4.69) is 31.6 Å². The van der Waals surface area contributed by atoms with Gasteiger partial charge in [0.15, 0.2) is 11.6 Å². The number of nitrogens with one attached hydrogen (secondary N) is 6. The summed E-state index contributed by atoms with van der Waals surface area (Å²) >= 11 is 0. The Morgan fingerprint density at radius 2 is 1.06 bits per heavy atom. The molecule has 77 heavy (non-hydrogen) atoms. The number of hydrogen-bond acceptors (Lipinski definition) is 9. The molecule has 0 unspecified atom stereocenters. The number of ketones is 4. The topological polar surface area (TPSA) is 230 Å². The summed E-state index contributed by atoms with van der Waals surface area (Å²) in [4.78, 5) is 118. The highest BCUT2D eigenvalue weighted by molar-refractivity contribution is 6.45. The Kier molecular flexibility index (Phi) is 21.9. The van der Waals surface area contributed by atoms with Crippen LogP contribution >= 0.6 is 0 Å². The first-order chi connectivity index (χ1) is 36.4. The number of carbonyl (C=O) groups is 9. The van der Waals surface area contributed by atoms with Gasteiger partial charge in [-0.25, -0.2) is 0 Å². The summed E-state index contributed by atoms with van der Waals surface area (Å²) in [5.41, 5.74) is 2.76. The van der Waals surface area contributed by atoms with Crippen LogP contribution < -0.4 is 26.6 Å². The second kappa shape index (κ2) is 28.2. The van der Waals surface area contributed by atoms with Crippen LogP contribution in [0.5, 0.6) is 0 Å². The van der Waals surface area contributed by atoms with E-state index in [1.54, 1.807) is 31.2 Å². The molecule has 5 aromatic carbocycles. The third-order valence-electron chi connectivity index (χ3n) is 12.3. The maximum Gasteiger partial charge on any atom is 0.292 e. The number of fused-ring (bicyclic) bond motifs is 2. The molecule has 15 nitrogen and oxygen atoms in total. The number of H-pyrrole nitrogens is 1. The molecular weight excluding hydrogens is 973 g/mol. The molecule has 0 aliphatic rings. The molecule has 6 aromatic rings. The van der Waals surface area contributed by atoms with Gasteiger partial charge in [-0.1, -0.05) is 128 Å². The van der Waals surface area contributed by atoms with Crippen LogP contribution in [0.25, 0.3) is 21.7 Å². The fourth-order valence-electron chi connectivity index (χ4n) is 8.80. The average molecular weight is 1050 g/mol. The number of para-hydroxylation sites is 1. The zero-order valence-electron chi connectivity index (χ0n) is 45.5. The summed E-state index contributed by atoms with van der Waals surface area (Å²) in [6, 6.07) is 37.1. The van der Waals surface area contributed by atoms with Gasteiger partial charge in [-0.3, -0.25) is 43.2 Å². The molecule has 0 saturated carbocycles. The minimum atomic E-state index is -0.963. The van der Waals surface area contributed by atoms with Crippen LogP contribution in [0.4, 0.5) is 0 Å². The van der Waals surface area contributed by atoms with E-state index >= 15 is 0 Å². The standard InChI is InChI=1S/C33H40N2O4.C29H34N4O5/c1-23(19-27(36)21-26-15-10-14-25-13-8-9-16-28(25)26)20-30(37)29(22-32(39)35-33(2,3)4)34-31(38)18-17-24-11-6-5-7-12-24;1-18(24(34)14-19-10-6-5-7-11-19)31-25(35)15-20(16-26(36)33-29(2,3)4)32-28(38)27(37)22-17-30-23-13-9-8-12-21(22)23/h5-16,23,29H,17-22H2,1-4H3,(H,34,38)(H,35,39);5-13,17-18,20,30H,14-16H2,1-4H3,(H,31,35)(H,32,38)(H,33,36)/t23-,29-;18-,20+/m00/s1. The zero-order chi connectivity index (χ0) is 56.3. The molecule has 0 radical (unpaired) electrons. The van der Waals surface area contributed by atoms with Crippen molar-refractivity contribution in [1.82, 2.24) is 31.6 Å². The van der Waals surface area contributed by atoms with Gasteiger partial charge in [0.1, 0.15) is 5.78 Å². The molecule has 6 rings (SSSR count). The highest BCUT2D eigenvalue weighted by Crippen LogP contribution is 2.22. The molecule has 0 saturated heterocycles. The van der Waals surface area contributed by atoms with Gasteiger partial charge in [0.25, 0.3) is 11.7 Å². The molecule has 15 heteroatoms. The number of aromatic nitrogens is 1. The summed E-state index contributed by atoms with van der Waals surface area (Å²) < 4.78 is 0. The lowest BCUT2D eigenvalue weighted by atomic mass is 9.91. The second-order valence-corrected chi connectivity index (χ2v) is 21.8. The minimum Gasteiger partial charge on any atom is -0.360 e. The number of rotatable bonds is 24. The number of aromatic amines is 1. The predicted molar refractivity (Wildman–Crippen MR) is 300 cm³/mol. The Balaban J connectivity index is 0.000000284. The molecule has 0 aliphatic heterocycles. The van der Waals surface area contributed by atoms with Crippen LogP contribution in [0.15, 0.2) is 134 Å². The van der Waals surface area contributed by atoms with Gasteiger partial charge in [-0.15, -0.1) is 0 Å². The van der Waals surface area contributed by atoms with Crippen molar-refractivity contribution in [3.8, 4) is 0 Å². The molecule has 406 valence electrons. The fraction of sp³-hybridized carbons (Fsp3) is 0.371. The first-order valence-electron chi connectivity index (χ1n) is 26.2. The third kappa shape index (κ3) is 20.5.